The second-order valence-corrected chi connectivity index (χ2v) is 5.27. The monoisotopic (exact) mass is 293 g/mol. The molecule has 0 radical (unpaired) electrons. The first kappa shape index (κ1) is 14.7. The second-order valence-electron chi connectivity index (χ2n) is 4.91. The highest BCUT2D eigenvalue weighted by Crippen LogP contribution is 2.22. The predicted octanol–water partition coefficient (Wildman–Crippen LogP) is 4.03. The first-order valence-corrected chi connectivity index (χ1v) is 7.24. The number of benzene rings is 1. The van der Waals surface area contributed by atoms with Crippen molar-refractivity contribution in [3.05, 3.63) is 40.4 Å². The second kappa shape index (κ2) is 6.66. The Morgan fingerprint density at radius 2 is 2.20 bits per heavy atom. The van der Waals surface area contributed by atoms with Crippen LogP contribution >= 0.6 is 11.6 Å². The zero-order chi connectivity index (χ0) is 14.5. The standard InChI is InChI=1S/C15H20ClN3O/c1-3-4-5-14-18-13(15(16)19-14)9-17-12-7-6-11(20)8-10(12)2/h6-8,17,20H,3-5,9H2,1-2H3,(H,18,19). The first-order chi connectivity index (χ1) is 9.60. The van der Waals surface area contributed by atoms with Gasteiger partial charge < -0.3 is 15.4 Å². The molecule has 0 spiro atoms. The van der Waals surface area contributed by atoms with Crippen LogP contribution in [0.3, 0.4) is 0 Å². The third-order valence-electron chi connectivity index (χ3n) is 3.21. The number of hydrogen-bond donors (Lipinski definition) is 3. The third-order valence-corrected chi connectivity index (χ3v) is 3.52. The molecule has 0 aliphatic heterocycles. The summed E-state index contributed by atoms with van der Waals surface area (Å²) in [5, 5.41) is 13.2. The molecule has 0 bridgehead atoms. The van der Waals surface area contributed by atoms with Crippen LogP contribution in [0, 0.1) is 6.92 Å². The molecule has 0 amide bonds. The van der Waals surface area contributed by atoms with Gasteiger partial charge in [-0.2, -0.15) is 0 Å². The van der Waals surface area contributed by atoms with Gasteiger partial charge in [-0.3, -0.25) is 0 Å². The van der Waals surface area contributed by atoms with Crippen LogP contribution in [0.1, 0.15) is 36.8 Å². The number of phenolic OH excluding ortho intramolecular Hbond substituents is 1. The molecule has 1 heterocycles. The van der Waals surface area contributed by atoms with E-state index in [9.17, 15) is 5.11 Å². The molecule has 1 aromatic heterocycles. The minimum absolute atomic E-state index is 0.273. The van der Waals surface area contributed by atoms with Crippen molar-refractivity contribution in [1.29, 1.82) is 0 Å². The molecular weight excluding hydrogens is 274 g/mol. The summed E-state index contributed by atoms with van der Waals surface area (Å²) >= 11 is 6.13. The molecule has 1 aromatic carbocycles. The molecule has 0 saturated heterocycles. The normalized spacial score (nSPS) is 10.8. The van der Waals surface area contributed by atoms with Gasteiger partial charge in [0.15, 0.2) is 5.15 Å². The molecule has 0 saturated carbocycles. The maximum absolute atomic E-state index is 9.39. The molecular formula is C15H20ClN3O. The van der Waals surface area contributed by atoms with E-state index >= 15 is 0 Å². The minimum Gasteiger partial charge on any atom is -0.508 e. The van der Waals surface area contributed by atoms with E-state index in [1.165, 1.54) is 0 Å². The summed E-state index contributed by atoms with van der Waals surface area (Å²) in [6, 6.07) is 5.24. The summed E-state index contributed by atoms with van der Waals surface area (Å²) in [4.78, 5) is 7.59. The zero-order valence-electron chi connectivity index (χ0n) is 11.8. The van der Waals surface area contributed by atoms with E-state index in [1.807, 2.05) is 13.0 Å². The molecule has 2 aromatic rings. The van der Waals surface area contributed by atoms with Crippen molar-refractivity contribution < 1.29 is 5.11 Å². The number of rotatable bonds is 6. The zero-order valence-corrected chi connectivity index (χ0v) is 12.6. The molecule has 108 valence electrons. The van der Waals surface area contributed by atoms with E-state index in [0.717, 1.165) is 42.0 Å². The predicted molar refractivity (Wildman–Crippen MR) is 82.4 cm³/mol. The Bertz CT molecular complexity index is 580. The van der Waals surface area contributed by atoms with Gasteiger partial charge in [-0.15, -0.1) is 0 Å². The number of aromatic amines is 1. The van der Waals surface area contributed by atoms with Crippen molar-refractivity contribution in [2.45, 2.75) is 39.7 Å². The van der Waals surface area contributed by atoms with E-state index in [0.29, 0.717) is 11.7 Å². The number of phenols is 1. The summed E-state index contributed by atoms with van der Waals surface area (Å²) in [6.45, 7) is 4.69. The average molecular weight is 294 g/mol. The lowest BCUT2D eigenvalue weighted by molar-refractivity contribution is 0.475. The Hall–Kier alpha value is -1.68. The fraction of sp³-hybridized carbons (Fsp3) is 0.400. The SMILES string of the molecule is CCCCc1nc(Cl)c(CNc2ccc(O)cc2C)[nH]1. The summed E-state index contributed by atoms with van der Waals surface area (Å²) in [7, 11) is 0. The number of nitrogens with zero attached hydrogens (tertiary/aromatic N) is 1. The van der Waals surface area contributed by atoms with Gasteiger partial charge in [0.05, 0.1) is 12.2 Å². The first-order valence-electron chi connectivity index (χ1n) is 6.87. The molecule has 3 N–H and O–H groups in total. The van der Waals surface area contributed by atoms with Gasteiger partial charge >= 0.3 is 0 Å². The maximum Gasteiger partial charge on any atom is 0.152 e. The molecule has 4 nitrogen and oxygen atoms in total. The van der Waals surface area contributed by atoms with Gasteiger partial charge in [0, 0.05) is 12.1 Å². The van der Waals surface area contributed by atoms with Gasteiger partial charge in [0.2, 0.25) is 0 Å². The van der Waals surface area contributed by atoms with E-state index in [2.05, 4.69) is 22.2 Å². The summed E-state index contributed by atoms with van der Waals surface area (Å²) in [5.74, 6) is 1.21. The number of aromatic hydroxyl groups is 1. The number of unbranched alkanes of at least 4 members (excludes halogenated alkanes) is 1. The molecule has 0 aliphatic carbocycles. The number of aryl methyl sites for hydroxylation is 2. The van der Waals surface area contributed by atoms with Crippen molar-refractivity contribution in [3.8, 4) is 5.75 Å². The van der Waals surface area contributed by atoms with Crippen LogP contribution in [0.25, 0.3) is 0 Å². The highest BCUT2D eigenvalue weighted by atomic mass is 35.5. The Kier molecular flexibility index (Phi) is 4.90. The van der Waals surface area contributed by atoms with Gasteiger partial charge in [0.1, 0.15) is 11.6 Å². The van der Waals surface area contributed by atoms with Crippen molar-refractivity contribution >= 4 is 17.3 Å². The number of nitrogens with one attached hydrogen (secondary N) is 2. The molecule has 20 heavy (non-hydrogen) atoms. The van der Waals surface area contributed by atoms with Crippen LogP contribution in [-0.2, 0) is 13.0 Å². The Labute approximate surface area is 124 Å². The molecule has 0 fully saturated rings. The average Bonchev–Trinajstić information content (AvgIpc) is 2.76. The van der Waals surface area contributed by atoms with Crippen molar-refractivity contribution in [1.82, 2.24) is 9.97 Å². The van der Waals surface area contributed by atoms with E-state index in [1.54, 1.807) is 12.1 Å². The summed E-state index contributed by atoms with van der Waals surface area (Å²) < 4.78 is 0. The Balaban J connectivity index is 2.01. The number of imidazole rings is 1. The number of H-pyrrole nitrogens is 1. The fourth-order valence-electron chi connectivity index (χ4n) is 2.05. The molecule has 0 aliphatic rings. The Morgan fingerprint density at radius 3 is 2.90 bits per heavy atom. The van der Waals surface area contributed by atoms with Crippen LogP contribution < -0.4 is 5.32 Å². The largest absolute Gasteiger partial charge is 0.508 e. The van der Waals surface area contributed by atoms with Gasteiger partial charge in [-0.1, -0.05) is 24.9 Å². The molecule has 0 unspecified atom stereocenters. The number of aromatic nitrogens is 2. The topological polar surface area (TPSA) is 60.9 Å². The molecule has 5 heteroatoms. The summed E-state index contributed by atoms with van der Waals surface area (Å²) in [6.07, 6.45) is 3.17. The lowest BCUT2D eigenvalue weighted by atomic mass is 10.2. The maximum atomic E-state index is 9.39. The lowest BCUT2D eigenvalue weighted by Crippen LogP contribution is -2.02. The number of anilines is 1. The van der Waals surface area contributed by atoms with Crippen LogP contribution in [-0.4, -0.2) is 15.1 Å². The number of halogens is 1. The van der Waals surface area contributed by atoms with Crippen LogP contribution in [0.15, 0.2) is 18.2 Å². The summed E-state index contributed by atoms with van der Waals surface area (Å²) in [5.41, 5.74) is 2.86. The van der Waals surface area contributed by atoms with Crippen molar-refractivity contribution in [2.75, 3.05) is 5.32 Å². The Morgan fingerprint density at radius 1 is 1.40 bits per heavy atom. The van der Waals surface area contributed by atoms with Gasteiger partial charge in [-0.05, 0) is 37.1 Å². The van der Waals surface area contributed by atoms with Crippen molar-refractivity contribution in [3.63, 3.8) is 0 Å². The highest BCUT2D eigenvalue weighted by Gasteiger charge is 2.08. The quantitative estimate of drug-likeness (QED) is 0.705. The fourth-order valence-corrected chi connectivity index (χ4v) is 2.27. The molecule has 0 atom stereocenters. The van der Waals surface area contributed by atoms with Crippen LogP contribution in [0.2, 0.25) is 5.15 Å². The number of hydrogen-bond acceptors (Lipinski definition) is 3. The van der Waals surface area contributed by atoms with Gasteiger partial charge in [-0.25, -0.2) is 4.98 Å². The van der Waals surface area contributed by atoms with E-state index in [-0.39, 0.29) is 5.75 Å². The van der Waals surface area contributed by atoms with Crippen molar-refractivity contribution in [2.24, 2.45) is 0 Å². The van der Waals surface area contributed by atoms with Crippen LogP contribution in [0.4, 0.5) is 5.69 Å². The minimum atomic E-state index is 0.273. The highest BCUT2D eigenvalue weighted by molar-refractivity contribution is 6.30. The van der Waals surface area contributed by atoms with Gasteiger partial charge in [0.25, 0.3) is 0 Å². The van der Waals surface area contributed by atoms with E-state index in [4.69, 9.17) is 11.6 Å². The lowest BCUT2D eigenvalue weighted by Gasteiger charge is -2.09. The smallest absolute Gasteiger partial charge is 0.152 e. The molecule has 2 rings (SSSR count). The van der Waals surface area contributed by atoms with E-state index < -0.39 is 0 Å². The third kappa shape index (κ3) is 3.67. The van der Waals surface area contributed by atoms with Crippen LogP contribution in [0.5, 0.6) is 5.75 Å².